The van der Waals surface area contributed by atoms with Gasteiger partial charge in [-0.05, 0) is 55.1 Å². The standard InChI is InChI=1S/C27H29ClN2/c1-29(24-15-9-8-14-23(24)28)26-22-16-18-30(19-17-22)27(26)25(20-10-4-2-5-11-20)21-12-6-3-7-13-21/h2-15,22,25-27H,16-19H2,1H3/t26-,27-/m0/s1. The molecule has 0 spiro atoms. The van der Waals surface area contributed by atoms with Crippen LogP contribution in [0, 0.1) is 5.92 Å². The summed E-state index contributed by atoms with van der Waals surface area (Å²) in [5, 5.41) is 0.839. The van der Waals surface area contributed by atoms with Crippen LogP contribution in [0.25, 0.3) is 0 Å². The molecule has 0 amide bonds. The van der Waals surface area contributed by atoms with E-state index in [-0.39, 0.29) is 0 Å². The summed E-state index contributed by atoms with van der Waals surface area (Å²) >= 11 is 6.65. The molecule has 0 aliphatic carbocycles. The van der Waals surface area contributed by atoms with Crippen molar-refractivity contribution < 1.29 is 0 Å². The number of fused-ring (bicyclic) bond motifs is 3. The molecule has 0 aromatic heterocycles. The SMILES string of the molecule is CN(c1ccccc1Cl)[C@H]1C2CCN(CC2)[C@H]1C(c1ccccc1)c1ccccc1. The van der Waals surface area contributed by atoms with Gasteiger partial charge in [0.1, 0.15) is 0 Å². The molecule has 3 aliphatic rings. The number of halogens is 1. The largest absolute Gasteiger partial charge is 0.369 e. The molecule has 3 fully saturated rings. The van der Waals surface area contributed by atoms with E-state index in [9.17, 15) is 0 Å². The number of para-hydroxylation sites is 1. The average Bonchev–Trinajstić information content (AvgIpc) is 2.81. The van der Waals surface area contributed by atoms with E-state index >= 15 is 0 Å². The van der Waals surface area contributed by atoms with Crippen LogP contribution in [0.1, 0.15) is 29.9 Å². The highest BCUT2D eigenvalue weighted by molar-refractivity contribution is 6.33. The van der Waals surface area contributed by atoms with Crippen molar-refractivity contribution >= 4 is 17.3 Å². The van der Waals surface area contributed by atoms with Crippen LogP contribution in [-0.4, -0.2) is 37.1 Å². The number of hydrogen-bond acceptors (Lipinski definition) is 2. The molecule has 2 nitrogen and oxygen atoms in total. The van der Waals surface area contributed by atoms with E-state index < -0.39 is 0 Å². The Balaban J connectivity index is 1.62. The van der Waals surface area contributed by atoms with Crippen molar-refractivity contribution in [3.8, 4) is 0 Å². The Morgan fingerprint density at radius 3 is 1.90 bits per heavy atom. The Morgan fingerprint density at radius 2 is 1.33 bits per heavy atom. The highest BCUT2D eigenvalue weighted by Crippen LogP contribution is 2.45. The van der Waals surface area contributed by atoms with E-state index in [2.05, 4.69) is 89.6 Å². The first kappa shape index (κ1) is 19.7. The molecule has 3 heteroatoms. The first-order chi connectivity index (χ1) is 14.7. The van der Waals surface area contributed by atoms with Gasteiger partial charge < -0.3 is 4.90 Å². The van der Waals surface area contributed by atoms with Crippen LogP contribution in [0.15, 0.2) is 84.9 Å². The Kier molecular flexibility index (Phi) is 5.54. The lowest BCUT2D eigenvalue weighted by Gasteiger charge is -2.56. The number of likely N-dealkylation sites (N-methyl/N-ethyl adjacent to an activating group) is 1. The van der Waals surface area contributed by atoms with Gasteiger partial charge in [0.25, 0.3) is 0 Å². The third kappa shape index (κ3) is 3.53. The van der Waals surface area contributed by atoms with Crippen LogP contribution in [0.2, 0.25) is 5.02 Å². The maximum Gasteiger partial charge on any atom is 0.0639 e. The fourth-order valence-electron chi connectivity index (χ4n) is 5.81. The molecule has 154 valence electrons. The molecule has 3 aliphatic heterocycles. The lowest BCUT2D eigenvalue weighted by Crippen LogP contribution is -2.65. The second kappa shape index (κ2) is 8.45. The van der Waals surface area contributed by atoms with Gasteiger partial charge in [0, 0.05) is 25.0 Å². The predicted molar refractivity (Wildman–Crippen MR) is 126 cm³/mol. The third-order valence-corrected chi connectivity index (χ3v) is 7.49. The van der Waals surface area contributed by atoms with E-state index in [1.54, 1.807) is 0 Å². The van der Waals surface area contributed by atoms with Gasteiger partial charge in [-0.2, -0.15) is 0 Å². The third-order valence-electron chi connectivity index (χ3n) is 7.17. The first-order valence-corrected chi connectivity index (χ1v) is 11.4. The smallest absolute Gasteiger partial charge is 0.0639 e. The van der Waals surface area contributed by atoms with Crippen molar-refractivity contribution in [2.24, 2.45) is 5.92 Å². The van der Waals surface area contributed by atoms with Crippen molar-refractivity contribution in [1.29, 1.82) is 0 Å². The molecule has 0 saturated carbocycles. The molecule has 6 rings (SSSR count). The van der Waals surface area contributed by atoms with Crippen molar-refractivity contribution in [3.63, 3.8) is 0 Å². The van der Waals surface area contributed by atoms with Crippen molar-refractivity contribution in [2.75, 3.05) is 25.0 Å². The summed E-state index contributed by atoms with van der Waals surface area (Å²) in [6, 6.07) is 31.3. The fraction of sp³-hybridized carbons (Fsp3) is 0.333. The van der Waals surface area contributed by atoms with E-state index in [0.29, 0.717) is 23.9 Å². The molecule has 3 aromatic carbocycles. The van der Waals surface area contributed by atoms with Gasteiger partial charge in [-0.15, -0.1) is 0 Å². The minimum absolute atomic E-state index is 0.338. The molecule has 0 unspecified atom stereocenters. The number of anilines is 1. The quantitative estimate of drug-likeness (QED) is 0.498. The van der Waals surface area contributed by atoms with Crippen molar-refractivity contribution in [1.82, 2.24) is 4.90 Å². The molecular formula is C27H29ClN2. The maximum absolute atomic E-state index is 6.65. The molecule has 3 saturated heterocycles. The Hall–Kier alpha value is -2.29. The van der Waals surface area contributed by atoms with E-state index in [4.69, 9.17) is 11.6 Å². The van der Waals surface area contributed by atoms with Gasteiger partial charge in [-0.25, -0.2) is 0 Å². The summed E-state index contributed by atoms with van der Waals surface area (Å²) in [6.07, 6.45) is 2.54. The van der Waals surface area contributed by atoms with Gasteiger partial charge in [0.2, 0.25) is 0 Å². The minimum Gasteiger partial charge on any atom is -0.369 e. The van der Waals surface area contributed by atoms with Crippen LogP contribution in [0.3, 0.4) is 0 Å². The van der Waals surface area contributed by atoms with Crippen LogP contribution >= 0.6 is 11.6 Å². The van der Waals surface area contributed by atoms with Crippen LogP contribution < -0.4 is 4.90 Å². The summed E-state index contributed by atoms with van der Waals surface area (Å²) in [4.78, 5) is 5.21. The van der Waals surface area contributed by atoms with Gasteiger partial charge in [-0.1, -0.05) is 84.4 Å². The molecule has 30 heavy (non-hydrogen) atoms. The maximum atomic E-state index is 6.65. The number of hydrogen-bond donors (Lipinski definition) is 0. The Morgan fingerprint density at radius 1 is 0.800 bits per heavy atom. The molecule has 3 aromatic rings. The van der Waals surface area contributed by atoms with E-state index in [1.165, 1.54) is 37.1 Å². The summed E-state index contributed by atoms with van der Waals surface area (Å²) in [5.41, 5.74) is 3.94. The zero-order valence-electron chi connectivity index (χ0n) is 17.5. The predicted octanol–water partition coefficient (Wildman–Crippen LogP) is 6.07. The van der Waals surface area contributed by atoms with Gasteiger partial charge in [-0.3, -0.25) is 4.90 Å². The Bertz CT molecular complexity index is 927. The summed E-state index contributed by atoms with van der Waals surface area (Å²) in [5.74, 6) is 1.03. The monoisotopic (exact) mass is 416 g/mol. The normalized spacial score (nSPS) is 25.4. The van der Waals surface area contributed by atoms with Crippen LogP contribution in [0.5, 0.6) is 0 Å². The molecular weight excluding hydrogens is 388 g/mol. The zero-order valence-corrected chi connectivity index (χ0v) is 18.2. The van der Waals surface area contributed by atoms with Gasteiger partial charge >= 0.3 is 0 Å². The highest BCUT2D eigenvalue weighted by atomic mass is 35.5. The topological polar surface area (TPSA) is 6.48 Å². The van der Waals surface area contributed by atoms with Crippen molar-refractivity contribution in [2.45, 2.75) is 30.8 Å². The lowest BCUT2D eigenvalue weighted by atomic mass is 9.70. The Labute approximate surface area is 185 Å². The second-order valence-electron chi connectivity index (χ2n) is 8.72. The van der Waals surface area contributed by atoms with E-state index in [1.807, 2.05) is 12.1 Å². The lowest BCUT2D eigenvalue weighted by molar-refractivity contribution is 0.0186. The number of nitrogens with zero attached hydrogens (tertiary/aromatic N) is 2. The molecule has 0 N–H and O–H groups in total. The van der Waals surface area contributed by atoms with E-state index in [0.717, 1.165) is 10.7 Å². The van der Waals surface area contributed by atoms with Gasteiger partial charge in [0.05, 0.1) is 10.7 Å². The minimum atomic E-state index is 0.338. The second-order valence-corrected chi connectivity index (χ2v) is 9.12. The van der Waals surface area contributed by atoms with Crippen LogP contribution in [0.4, 0.5) is 5.69 Å². The fourth-order valence-corrected chi connectivity index (χ4v) is 6.08. The molecule has 3 heterocycles. The number of benzene rings is 3. The number of rotatable bonds is 5. The number of piperidine rings is 3. The summed E-state index contributed by atoms with van der Waals surface area (Å²) < 4.78 is 0. The van der Waals surface area contributed by atoms with Gasteiger partial charge in [0.15, 0.2) is 0 Å². The molecule has 2 bridgehead atoms. The first-order valence-electron chi connectivity index (χ1n) is 11.1. The highest BCUT2D eigenvalue weighted by Gasteiger charge is 2.48. The summed E-state index contributed by atoms with van der Waals surface area (Å²) in [6.45, 7) is 2.39. The van der Waals surface area contributed by atoms with Crippen LogP contribution in [-0.2, 0) is 0 Å². The zero-order chi connectivity index (χ0) is 20.5. The molecule has 0 radical (unpaired) electrons. The molecule has 2 atom stereocenters. The summed E-state index contributed by atoms with van der Waals surface area (Å²) in [7, 11) is 2.24. The van der Waals surface area contributed by atoms with Crippen molar-refractivity contribution in [3.05, 3.63) is 101 Å². The average molecular weight is 417 g/mol.